The number of aromatic nitrogens is 3. The van der Waals surface area contributed by atoms with Gasteiger partial charge in [-0.05, 0) is 51.0 Å². The molecule has 1 fully saturated rings. The Bertz CT molecular complexity index is 743. The van der Waals surface area contributed by atoms with Gasteiger partial charge in [-0.2, -0.15) is 0 Å². The largest absolute Gasteiger partial charge is 0.462 e. The molecule has 1 aromatic carbocycles. The lowest BCUT2D eigenvalue weighted by atomic mass is 9.99. The van der Waals surface area contributed by atoms with Gasteiger partial charge in [-0.1, -0.05) is 5.21 Å². The SMILES string of the molecule is CC(C)n1nnc(-c2ccc(F)cc2)c1CC[C@@H]1C[C@@H](O)CC(=O)O1. The first-order chi connectivity index (χ1) is 11.9. The molecule has 25 heavy (non-hydrogen) atoms. The number of aliphatic hydroxyl groups excluding tert-OH is 1. The number of carbonyl (C=O) groups excluding carboxylic acids is 1. The third-order valence-electron chi connectivity index (χ3n) is 4.34. The summed E-state index contributed by atoms with van der Waals surface area (Å²) in [6.45, 7) is 4.02. The molecule has 2 atom stereocenters. The van der Waals surface area contributed by atoms with Crippen molar-refractivity contribution in [3.63, 3.8) is 0 Å². The van der Waals surface area contributed by atoms with Gasteiger partial charge >= 0.3 is 5.97 Å². The molecule has 1 N–H and O–H groups in total. The van der Waals surface area contributed by atoms with Crippen LogP contribution in [-0.4, -0.2) is 38.3 Å². The van der Waals surface area contributed by atoms with Gasteiger partial charge < -0.3 is 9.84 Å². The Balaban J connectivity index is 1.82. The quantitative estimate of drug-likeness (QED) is 0.842. The van der Waals surface area contributed by atoms with Crippen LogP contribution in [0.3, 0.4) is 0 Å². The maximum atomic E-state index is 13.2. The van der Waals surface area contributed by atoms with E-state index in [1.165, 1.54) is 12.1 Å². The molecule has 0 aliphatic carbocycles. The Morgan fingerprint density at radius 1 is 1.36 bits per heavy atom. The van der Waals surface area contributed by atoms with Gasteiger partial charge in [0, 0.05) is 18.0 Å². The van der Waals surface area contributed by atoms with E-state index in [1.807, 2.05) is 18.5 Å². The first-order valence-corrected chi connectivity index (χ1v) is 8.51. The average molecular weight is 347 g/mol. The summed E-state index contributed by atoms with van der Waals surface area (Å²) >= 11 is 0. The zero-order chi connectivity index (χ0) is 18.0. The van der Waals surface area contributed by atoms with Gasteiger partial charge in [0.1, 0.15) is 17.6 Å². The van der Waals surface area contributed by atoms with E-state index in [0.29, 0.717) is 25.0 Å². The number of ether oxygens (including phenoxy) is 1. The molecule has 2 heterocycles. The molecule has 1 aromatic heterocycles. The molecule has 7 heteroatoms. The molecule has 0 spiro atoms. The maximum absolute atomic E-state index is 13.2. The second kappa shape index (κ2) is 7.31. The van der Waals surface area contributed by atoms with Crippen molar-refractivity contribution in [1.82, 2.24) is 15.0 Å². The molecule has 0 saturated carbocycles. The smallest absolute Gasteiger partial charge is 0.308 e. The van der Waals surface area contributed by atoms with E-state index in [9.17, 15) is 14.3 Å². The Morgan fingerprint density at radius 3 is 2.72 bits per heavy atom. The highest BCUT2D eigenvalue weighted by molar-refractivity contribution is 5.71. The molecule has 1 aliphatic heterocycles. The van der Waals surface area contributed by atoms with Crippen LogP contribution in [0.1, 0.15) is 44.8 Å². The number of rotatable bonds is 5. The highest BCUT2D eigenvalue weighted by Gasteiger charge is 2.28. The first kappa shape index (κ1) is 17.5. The second-order valence-corrected chi connectivity index (χ2v) is 6.67. The van der Waals surface area contributed by atoms with E-state index in [0.717, 1.165) is 11.3 Å². The van der Waals surface area contributed by atoms with Crippen molar-refractivity contribution in [2.24, 2.45) is 0 Å². The van der Waals surface area contributed by atoms with Crippen LogP contribution in [0.15, 0.2) is 24.3 Å². The summed E-state index contributed by atoms with van der Waals surface area (Å²) in [5.74, 6) is -0.664. The molecule has 0 radical (unpaired) electrons. The summed E-state index contributed by atoms with van der Waals surface area (Å²) in [6.07, 6.45) is 0.729. The highest BCUT2D eigenvalue weighted by Crippen LogP contribution is 2.27. The molecular formula is C18H22FN3O3. The van der Waals surface area contributed by atoms with Gasteiger partial charge in [-0.25, -0.2) is 9.07 Å². The number of hydrogen-bond donors (Lipinski definition) is 1. The normalized spacial score (nSPS) is 20.8. The van der Waals surface area contributed by atoms with E-state index in [4.69, 9.17) is 4.74 Å². The number of carbonyl (C=O) groups is 1. The van der Waals surface area contributed by atoms with Gasteiger partial charge in [0.05, 0.1) is 18.2 Å². The van der Waals surface area contributed by atoms with Gasteiger partial charge in [-0.3, -0.25) is 4.79 Å². The predicted molar refractivity (Wildman–Crippen MR) is 89.2 cm³/mol. The predicted octanol–water partition coefficient (Wildman–Crippen LogP) is 2.66. The van der Waals surface area contributed by atoms with Crippen LogP contribution in [0.4, 0.5) is 4.39 Å². The lowest BCUT2D eigenvalue weighted by Gasteiger charge is -2.26. The molecule has 2 aromatic rings. The van der Waals surface area contributed by atoms with Crippen LogP contribution in [0.25, 0.3) is 11.3 Å². The van der Waals surface area contributed by atoms with Crippen molar-refractivity contribution in [2.45, 2.75) is 57.8 Å². The van der Waals surface area contributed by atoms with Crippen molar-refractivity contribution < 1.29 is 19.0 Å². The molecule has 0 unspecified atom stereocenters. The van der Waals surface area contributed by atoms with Crippen molar-refractivity contribution in [3.8, 4) is 11.3 Å². The van der Waals surface area contributed by atoms with Crippen LogP contribution in [0.5, 0.6) is 0 Å². The van der Waals surface area contributed by atoms with Crippen molar-refractivity contribution in [1.29, 1.82) is 0 Å². The van der Waals surface area contributed by atoms with E-state index >= 15 is 0 Å². The highest BCUT2D eigenvalue weighted by atomic mass is 19.1. The number of cyclic esters (lactones) is 1. The van der Waals surface area contributed by atoms with Crippen molar-refractivity contribution in [2.75, 3.05) is 0 Å². The Morgan fingerprint density at radius 2 is 2.08 bits per heavy atom. The Hall–Kier alpha value is -2.28. The van der Waals surface area contributed by atoms with Crippen LogP contribution in [0.2, 0.25) is 0 Å². The van der Waals surface area contributed by atoms with Gasteiger partial charge in [0.15, 0.2) is 0 Å². The molecule has 134 valence electrons. The number of aliphatic hydroxyl groups is 1. The van der Waals surface area contributed by atoms with E-state index in [-0.39, 0.29) is 30.4 Å². The standard InChI is InChI=1S/C18H22FN3O3/c1-11(2)22-16(8-7-15-9-14(23)10-17(24)25-15)18(20-21-22)12-3-5-13(19)6-4-12/h3-6,11,14-15,23H,7-10H2,1-2H3/t14-,15-/m1/s1. The number of nitrogens with zero attached hydrogens (tertiary/aromatic N) is 3. The van der Waals surface area contributed by atoms with Crippen LogP contribution < -0.4 is 0 Å². The fourth-order valence-electron chi connectivity index (χ4n) is 3.13. The zero-order valence-corrected chi connectivity index (χ0v) is 14.4. The lowest BCUT2D eigenvalue weighted by Crippen LogP contribution is -2.33. The zero-order valence-electron chi connectivity index (χ0n) is 14.4. The van der Waals surface area contributed by atoms with E-state index < -0.39 is 6.10 Å². The van der Waals surface area contributed by atoms with Crippen LogP contribution >= 0.6 is 0 Å². The molecule has 0 bridgehead atoms. The Labute approximate surface area is 145 Å². The minimum atomic E-state index is -0.643. The second-order valence-electron chi connectivity index (χ2n) is 6.67. The van der Waals surface area contributed by atoms with Crippen molar-refractivity contribution >= 4 is 5.97 Å². The maximum Gasteiger partial charge on any atom is 0.308 e. The Kier molecular flexibility index (Phi) is 5.13. The van der Waals surface area contributed by atoms with Gasteiger partial charge in [-0.15, -0.1) is 5.10 Å². The number of esters is 1. The summed E-state index contributed by atoms with van der Waals surface area (Å²) < 4.78 is 20.3. The van der Waals surface area contributed by atoms with Gasteiger partial charge in [0.25, 0.3) is 0 Å². The molecule has 3 rings (SSSR count). The van der Waals surface area contributed by atoms with E-state index in [2.05, 4.69) is 10.3 Å². The first-order valence-electron chi connectivity index (χ1n) is 8.51. The third kappa shape index (κ3) is 4.04. The van der Waals surface area contributed by atoms with Gasteiger partial charge in [0.2, 0.25) is 0 Å². The molecule has 6 nitrogen and oxygen atoms in total. The summed E-state index contributed by atoms with van der Waals surface area (Å²) in [7, 11) is 0. The van der Waals surface area contributed by atoms with E-state index in [1.54, 1.807) is 12.1 Å². The topological polar surface area (TPSA) is 77.2 Å². The summed E-state index contributed by atoms with van der Waals surface area (Å²) in [6, 6.07) is 6.27. The minimum absolute atomic E-state index is 0.0583. The third-order valence-corrected chi connectivity index (χ3v) is 4.34. The molecule has 1 aliphatic rings. The summed E-state index contributed by atoms with van der Waals surface area (Å²) in [4.78, 5) is 11.5. The number of halogens is 1. The van der Waals surface area contributed by atoms with Crippen LogP contribution in [0, 0.1) is 5.82 Å². The van der Waals surface area contributed by atoms with Crippen LogP contribution in [-0.2, 0) is 16.0 Å². The number of hydrogen-bond acceptors (Lipinski definition) is 5. The molecular weight excluding hydrogens is 325 g/mol. The fourth-order valence-corrected chi connectivity index (χ4v) is 3.13. The van der Waals surface area contributed by atoms with Crippen molar-refractivity contribution in [3.05, 3.63) is 35.8 Å². The fraction of sp³-hybridized carbons (Fsp3) is 0.500. The monoisotopic (exact) mass is 347 g/mol. The molecule has 0 amide bonds. The minimum Gasteiger partial charge on any atom is -0.462 e. The lowest BCUT2D eigenvalue weighted by molar-refractivity contribution is -0.160. The average Bonchev–Trinajstić information content (AvgIpc) is 2.97. The summed E-state index contributed by atoms with van der Waals surface area (Å²) in [5, 5.41) is 18.2. The summed E-state index contributed by atoms with van der Waals surface area (Å²) in [5.41, 5.74) is 2.41. The number of benzene rings is 1. The molecule has 1 saturated heterocycles.